The lowest BCUT2D eigenvalue weighted by molar-refractivity contribution is 0.329. The largest absolute Gasteiger partial charge is 0.371 e. The lowest BCUT2D eigenvalue weighted by Crippen LogP contribution is -2.27. The van der Waals surface area contributed by atoms with Gasteiger partial charge in [0.05, 0.1) is 0 Å². The van der Waals surface area contributed by atoms with Crippen molar-refractivity contribution in [2.45, 2.75) is 27.7 Å². The average Bonchev–Trinajstić information content (AvgIpc) is 2.01. The van der Waals surface area contributed by atoms with Crippen LogP contribution in [-0.2, 0) is 0 Å². The van der Waals surface area contributed by atoms with Gasteiger partial charge in [-0.05, 0) is 25.3 Å². The van der Waals surface area contributed by atoms with Gasteiger partial charge in [-0.1, -0.05) is 39.2 Å². The van der Waals surface area contributed by atoms with Crippen LogP contribution in [0.25, 0.3) is 0 Å². The topological polar surface area (TPSA) is 3.24 Å². The highest BCUT2D eigenvalue weighted by molar-refractivity contribution is 5.24. The first-order chi connectivity index (χ1) is 6.34. The number of hydrogen-bond acceptors (Lipinski definition) is 1. The van der Waals surface area contributed by atoms with E-state index >= 15 is 0 Å². The highest BCUT2D eigenvalue weighted by atomic mass is 15.1. The van der Waals surface area contributed by atoms with E-state index in [-0.39, 0.29) is 0 Å². The van der Waals surface area contributed by atoms with Gasteiger partial charge in [0.1, 0.15) is 0 Å². The van der Waals surface area contributed by atoms with Gasteiger partial charge in [-0.15, -0.1) is 0 Å². The molecule has 0 radical (unpaired) electrons. The Labute approximate surface area is 88.8 Å². The Bertz CT molecular complexity index is 236. The Kier molecular flexibility index (Phi) is 5.29. The molecule has 0 aromatic heterocycles. The van der Waals surface area contributed by atoms with Crippen LogP contribution < -0.4 is 0 Å². The summed E-state index contributed by atoms with van der Waals surface area (Å²) in [7, 11) is 0. The predicted octanol–water partition coefficient (Wildman–Crippen LogP) is 3.61. The van der Waals surface area contributed by atoms with E-state index < -0.39 is 0 Å². The maximum atomic E-state index is 4.00. The van der Waals surface area contributed by atoms with E-state index in [4.69, 9.17) is 0 Å². The van der Waals surface area contributed by atoms with E-state index in [9.17, 15) is 0 Å². The van der Waals surface area contributed by atoms with E-state index in [1.165, 1.54) is 0 Å². The van der Waals surface area contributed by atoms with Gasteiger partial charge in [-0.2, -0.15) is 0 Å². The van der Waals surface area contributed by atoms with Gasteiger partial charge in [-0.3, -0.25) is 0 Å². The second-order valence-corrected chi connectivity index (χ2v) is 4.39. The number of rotatable bonds is 6. The fourth-order valence-corrected chi connectivity index (χ4v) is 1.16. The molecule has 0 aliphatic carbocycles. The first kappa shape index (κ1) is 13.0. The summed E-state index contributed by atoms with van der Waals surface area (Å²) in [6.45, 7) is 22.2. The van der Waals surface area contributed by atoms with Crippen molar-refractivity contribution in [1.29, 1.82) is 0 Å². The van der Waals surface area contributed by atoms with E-state index in [2.05, 4.69) is 38.5 Å². The first-order valence-electron chi connectivity index (χ1n) is 5.08. The third-order valence-electron chi connectivity index (χ3n) is 2.11. The fourth-order valence-electron chi connectivity index (χ4n) is 1.16. The quantitative estimate of drug-likeness (QED) is 0.582. The third-order valence-corrected chi connectivity index (χ3v) is 2.11. The van der Waals surface area contributed by atoms with Gasteiger partial charge in [0, 0.05) is 18.8 Å². The van der Waals surface area contributed by atoms with Crippen LogP contribution in [0.1, 0.15) is 27.7 Å². The smallest absolute Gasteiger partial charge is 0.0422 e. The maximum absolute atomic E-state index is 4.00. The molecule has 1 heteroatoms. The lowest BCUT2D eigenvalue weighted by atomic mass is 10.1. The van der Waals surface area contributed by atoms with E-state index in [0.717, 1.165) is 29.9 Å². The Morgan fingerprint density at radius 3 is 1.93 bits per heavy atom. The molecule has 0 saturated carbocycles. The third kappa shape index (κ3) is 4.90. The monoisotopic (exact) mass is 193 g/mol. The summed E-state index contributed by atoms with van der Waals surface area (Å²) in [4.78, 5) is 2.25. The summed E-state index contributed by atoms with van der Waals surface area (Å²) >= 11 is 0. The van der Waals surface area contributed by atoms with Crippen molar-refractivity contribution in [1.82, 2.24) is 4.90 Å². The number of allylic oxidation sites excluding steroid dienone is 1. The van der Waals surface area contributed by atoms with Gasteiger partial charge in [0.25, 0.3) is 0 Å². The van der Waals surface area contributed by atoms with Crippen molar-refractivity contribution >= 4 is 0 Å². The lowest BCUT2D eigenvalue weighted by Gasteiger charge is -2.27. The molecule has 0 aliphatic heterocycles. The summed E-state index contributed by atoms with van der Waals surface area (Å²) < 4.78 is 0. The Balaban J connectivity index is 4.31. The normalized spacial score (nSPS) is 10.1. The molecular formula is C13H23N. The number of nitrogens with zero attached hydrogens (tertiary/aromatic N) is 1. The fraction of sp³-hybridized carbons (Fsp3) is 0.538. The number of hydrogen-bond donors (Lipinski definition) is 0. The first-order valence-corrected chi connectivity index (χ1v) is 5.08. The predicted molar refractivity (Wildman–Crippen MR) is 65.2 cm³/mol. The minimum absolute atomic E-state index is 0.643. The van der Waals surface area contributed by atoms with Gasteiger partial charge in [-0.25, -0.2) is 0 Å². The summed E-state index contributed by atoms with van der Waals surface area (Å²) in [5.74, 6) is 0.643. The molecule has 0 atom stereocenters. The van der Waals surface area contributed by atoms with E-state index in [1.807, 2.05) is 13.8 Å². The van der Waals surface area contributed by atoms with Gasteiger partial charge >= 0.3 is 0 Å². The minimum Gasteiger partial charge on any atom is -0.371 e. The average molecular weight is 193 g/mol. The van der Waals surface area contributed by atoms with Crippen LogP contribution in [0.5, 0.6) is 0 Å². The molecule has 1 nitrogen and oxygen atoms in total. The standard InChI is InChI=1S/C13H23N/c1-10(2)8-14(12(5)6)9-13(7)11(3)4/h10H,3,5,7-9H2,1-2,4,6H3. The molecule has 0 fully saturated rings. The molecule has 80 valence electrons. The molecule has 0 bridgehead atoms. The zero-order valence-electron chi connectivity index (χ0n) is 10.1. The zero-order chi connectivity index (χ0) is 11.3. The van der Waals surface area contributed by atoms with Crippen LogP contribution >= 0.6 is 0 Å². The van der Waals surface area contributed by atoms with Crippen LogP contribution in [0.3, 0.4) is 0 Å². The van der Waals surface area contributed by atoms with Gasteiger partial charge < -0.3 is 4.90 Å². The molecule has 0 saturated heterocycles. The molecular weight excluding hydrogens is 170 g/mol. The SMILES string of the molecule is C=C(C)C(=C)CN(CC(C)C)C(=C)C. The van der Waals surface area contributed by atoms with Crippen LogP contribution in [-0.4, -0.2) is 18.0 Å². The van der Waals surface area contributed by atoms with Crippen molar-refractivity contribution in [3.05, 3.63) is 36.6 Å². The van der Waals surface area contributed by atoms with Crippen LogP contribution in [0, 0.1) is 5.92 Å². The molecule has 0 spiro atoms. The molecule has 14 heavy (non-hydrogen) atoms. The molecule has 0 aromatic carbocycles. The van der Waals surface area contributed by atoms with Crippen molar-refractivity contribution in [2.24, 2.45) is 5.92 Å². The van der Waals surface area contributed by atoms with Crippen molar-refractivity contribution in [3.8, 4) is 0 Å². The summed E-state index contributed by atoms with van der Waals surface area (Å²) in [5, 5.41) is 0. The van der Waals surface area contributed by atoms with Crippen molar-refractivity contribution < 1.29 is 0 Å². The summed E-state index contributed by atoms with van der Waals surface area (Å²) in [6, 6.07) is 0. The Hall–Kier alpha value is -0.980. The maximum Gasteiger partial charge on any atom is 0.0422 e. The van der Waals surface area contributed by atoms with Crippen LogP contribution in [0.15, 0.2) is 36.6 Å². The highest BCUT2D eigenvalue weighted by Gasteiger charge is 2.08. The molecule has 0 aromatic rings. The molecule has 0 aliphatic rings. The van der Waals surface area contributed by atoms with Gasteiger partial charge in [0.2, 0.25) is 0 Å². The molecule has 0 N–H and O–H groups in total. The zero-order valence-corrected chi connectivity index (χ0v) is 10.1. The summed E-state index contributed by atoms with van der Waals surface area (Å²) in [6.07, 6.45) is 0. The van der Waals surface area contributed by atoms with E-state index in [0.29, 0.717) is 5.92 Å². The van der Waals surface area contributed by atoms with Gasteiger partial charge in [0.15, 0.2) is 0 Å². The van der Waals surface area contributed by atoms with Crippen LogP contribution in [0.2, 0.25) is 0 Å². The summed E-state index contributed by atoms with van der Waals surface area (Å²) in [5.41, 5.74) is 3.25. The van der Waals surface area contributed by atoms with Crippen molar-refractivity contribution in [3.63, 3.8) is 0 Å². The molecule has 0 heterocycles. The molecule has 0 unspecified atom stereocenters. The second kappa shape index (κ2) is 5.69. The second-order valence-electron chi connectivity index (χ2n) is 4.39. The van der Waals surface area contributed by atoms with Crippen LogP contribution in [0.4, 0.5) is 0 Å². The minimum atomic E-state index is 0.643. The Morgan fingerprint density at radius 2 is 1.64 bits per heavy atom. The molecule has 0 amide bonds. The van der Waals surface area contributed by atoms with E-state index in [1.54, 1.807) is 0 Å². The molecule has 0 rings (SSSR count). The highest BCUT2D eigenvalue weighted by Crippen LogP contribution is 2.12. The Morgan fingerprint density at radius 1 is 1.14 bits per heavy atom. The van der Waals surface area contributed by atoms with Crippen molar-refractivity contribution in [2.75, 3.05) is 13.1 Å².